The van der Waals surface area contributed by atoms with E-state index in [1.54, 1.807) is 6.21 Å². The molecule has 1 N–H and O–H groups in total. The Morgan fingerprint density at radius 1 is 1.71 bits per heavy atom. The van der Waals surface area contributed by atoms with Crippen molar-refractivity contribution in [1.82, 2.24) is 0 Å². The molecule has 1 saturated carbocycles. The Kier molecular flexibility index (Phi) is 1.29. The van der Waals surface area contributed by atoms with Gasteiger partial charge in [0.15, 0.2) is 0 Å². The molecule has 1 aliphatic rings. The van der Waals surface area contributed by atoms with Crippen molar-refractivity contribution < 1.29 is 5.21 Å². The molecule has 2 nitrogen and oxygen atoms in total. The second-order valence-electron chi connectivity index (χ2n) is 1.98. The summed E-state index contributed by atoms with van der Waals surface area (Å²) in [5, 5.41) is 10.8. The fraction of sp³-hybridized carbons (Fsp3) is 0.800. The zero-order valence-corrected chi connectivity index (χ0v) is 4.17. The third-order valence-corrected chi connectivity index (χ3v) is 1.22. The second kappa shape index (κ2) is 1.96. The van der Waals surface area contributed by atoms with Gasteiger partial charge < -0.3 is 5.21 Å². The van der Waals surface area contributed by atoms with Crippen LogP contribution in [0.25, 0.3) is 0 Å². The first-order chi connectivity index (χ1) is 3.43. The van der Waals surface area contributed by atoms with E-state index in [-0.39, 0.29) is 0 Å². The third kappa shape index (κ3) is 1.57. The molecule has 0 bridgehead atoms. The van der Waals surface area contributed by atoms with Crippen LogP contribution in [-0.2, 0) is 0 Å². The molecule has 0 aromatic rings. The lowest BCUT2D eigenvalue weighted by molar-refractivity contribution is 0.320. The average Bonchev–Trinajstić information content (AvgIpc) is 2.42. The van der Waals surface area contributed by atoms with Crippen LogP contribution in [0, 0.1) is 5.92 Å². The van der Waals surface area contributed by atoms with Gasteiger partial charge in [0, 0.05) is 6.21 Å². The van der Waals surface area contributed by atoms with Crippen LogP contribution in [0.15, 0.2) is 5.16 Å². The molecule has 1 aliphatic carbocycles. The molecule has 1 fully saturated rings. The van der Waals surface area contributed by atoms with Gasteiger partial charge in [0.2, 0.25) is 0 Å². The van der Waals surface area contributed by atoms with Crippen LogP contribution in [0.3, 0.4) is 0 Å². The smallest absolute Gasteiger partial charge is 0.0438 e. The Labute approximate surface area is 42.8 Å². The summed E-state index contributed by atoms with van der Waals surface area (Å²) in [5.41, 5.74) is 0. The van der Waals surface area contributed by atoms with E-state index < -0.39 is 0 Å². The number of nitrogens with zero attached hydrogens (tertiary/aromatic N) is 1. The van der Waals surface area contributed by atoms with Crippen molar-refractivity contribution in [2.24, 2.45) is 11.1 Å². The van der Waals surface area contributed by atoms with Crippen LogP contribution < -0.4 is 0 Å². The molecule has 0 unspecified atom stereocenters. The summed E-state index contributed by atoms with van der Waals surface area (Å²) in [7, 11) is 0. The van der Waals surface area contributed by atoms with Gasteiger partial charge in [-0.25, -0.2) is 0 Å². The van der Waals surface area contributed by atoms with E-state index in [0.29, 0.717) is 0 Å². The number of oxime groups is 1. The molecule has 0 amide bonds. The maximum absolute atomic E-state index is 7.91. The molecule has 0 aliphatic heterocycles. The predicted octanol–water partition coefficient (Wildman–Crippen LogP) is 1.25. The Balaban J connectivity index is 1.98. The zero-order valence-electron chi connectivity index (χ0n) is 4.17. The van der Waals surface area contributed by atoms with Crippen LogP contribution in [0.5, 0.6) is 0 Å². The van der Waals surface area contributed by atoms with Gasteiger partial charge >= 0.3 is 0 Å². The molecule has 40 valence electrons. The predicted molar refractivity (Wildman–Crippen MR) is 27.6 cm³/mol. The minimum Gasteiger partial charge on any atom is -0.411 e. The number of hydrogen-bond acceptors (Lipinski definition) is 2. The average molecular weight is 99.1 g/mol. The summed E-state index contributed by atoms with van der Waals surface area (Å²) in [6, 6.07) is 0. The summed E-state index contributed by atoms with van der Waals surface area (Å²) in [4.78, 5) is 0. The van der Waals surface area contributed by atoms with Crippen LogP contribution in [-0.4, -0.2) is 11.4 Å². The van der Waals surface area contributed by atoms with Crippen molar-refractivity contribution in [1.29, 1.82) is 0 Å². The normalized spacial score (nSPS) is 21.1. The SMILES string of the molecule is ON=CCC1CC1. The van der Waals surface area contributed by atoms with Crippen molar-refractivity contribution >= 4 is 6.21 Å². The van der Waals surface area contributed by atoms with Gasteiger partial charge in [0.05, 0.1) is 0 Å². The Morgan fingerprint density at radius 2 is 2.43 bits per heavy atom. The first-order valence-corrected chi connectivity index (χ1v) is 2.59. The highest BCUT2D eigenvalue weighted by Gasteiger charge is 2.19. The lowest BCUT2D eigenvalue weighted by Crippen LogP contribution is -1.74. The van der Waals surface area contributed by atoms with Crippen molar-refractivity contribution in [3.05, 3.63) is 0 Å². The maximum Gasteiger partial charge on any atom is 0.0438 e. The van der Waals surface area contributed by atoms with E-state index in [0.717, 1.165) is 12.3 Å². The maximum atomic E-state index is 7.91. The quantitative estimate of drug-likeness (QED) is 0.315. The monoisotopic (exact) mass is 99.1 g/mol. The minimum atomic E-state index is 0.843. The molecular formula is C5H9NO. The Hall–Kier alpha value is -0.530. The molecule has 0 aromatic carbocycles. The van der Waals surface area contributed by atoms with Gasteiger partial charge in [0.1, 0.15) is 0 Å². The van der Waals surface area contributed by atoms with Gasteiger partial charge in [0.25, 0.3) is 0 Å². The highest BCUT2D eigenvalue weighted by atomic mass is 16.4. The van der Waals surface area contributed by atoms with Crippen molar-refractivity contribution in [3.63, 3.8) is 0 Å². The molecule has 0 spiro atoms. The van der Waals surface area contributed by atoms with Crippen molar-refractivity contribution in [2.75, 3.05) is 0 Å². The second-order valence-corrected chi connectivity index (χ2v) is 1.98. The highest BCUT2D eigenvalue weighted by Crippen LogP contribution is 2.31. The lowest BCUT2D eigenvalue weighted by Gasteiger charge is -1.78. The van der Waals surface area contributed by atoms with E-state index >= 15 is 0 Å². The summed E-state index contributed by atoms with van der Waals surface area (Å²) in [5.74, 6) is 0.843. The fourth-order valence-corrected chi connectivity index (χ4v) is 0.550. The summed E-state index contributed by atoms with van der Waals surface area (Å²) >= 11 is 0. The van der Waals surface area contributed by atoms with Crippen molar-refractivity contribution in [3.8, 4) is 0 Å². The lowest BCUT2D eigenvalue weighted by atomic mass is 10.3. The van der Waals surface area contributed by atoms with Crippen molar-refractivity contribution in [2.45, 2.75) is 19.3 Å². The van der Waals surface area contributed by atoms with E-state index in [9.17, 15) is 0 Å². The van der Waals surface area contributed by atoms with Gasteiger partial charge in [-0.1, -0.05) is 0 Å². The molecule has 0 saturated heterocycles. The van der Waals surface area contributed by atoms with E-state index in [2.05, 4.69) is 5.16 Å². The van der Waals surface area contributed by atoms with Crippen LogP contribution >= 0.6 is 0 Å². The van der Waals surface area contributed by atoms with Crippen LogP contribution in [0.2, 0.25) is 0 Å². The first-order valence-electron chi connectivity index (χ1n) is 2.59. The molecule has 0 radical (unpaired) electrons. The summed E-state index contributed by atoms with van der Waals surface area (Å²) in [6.07, 6.45) is 5.19. The Bertz CT molecular complexity index is 76.1. The fourth-order valence-electron chi connectivity index (χ4n) is 0.550. The minimum absolute atomic E-state index is 0.843. The molecule has 0 aromatic heterocycles. The van der Waals surface area contributed by atoms with E-state index in [1.165, 1.54) is 12.8 Å². The van der Waals surface area contributed by atoms with Gasteiger partial charge in [-0.2, -0.15) is 0 Å². The molecule has 1 rings (SSSR count). The molecule has 0 heterocycles. The number of rotatable bonds is 2. The van der Waals surface area contributed by atoms with Gasteiger partial charge in [-0.3, -0.25) is 0 Å². The molecule has 2 heteroatoms. The van der Waals surface area contributed by atoms with Gasteiger partial charge in [-0.05, 0) is 25.2 Å². The molecular weight excluding hydrogens is 90.1 g/mol. The topological polar surface area (TPSA) is 32.6 Å². The van der Waals surface area contributed by atoms with Crippen LogP contribution in [0.4, 0.5) is 0 Å². The summed E-state index contributed by atoms with van der Waals surface area (Å²) < 4.78 is 0. The summed E-state index contributed by atoms with van der Waals surface area (Å²) in [6.45, 7) is 0. The van der Waals surface area contributed by atoms with E-state index in [4.69, 9.17) is 5.21 Å². The third-order valence-electron chi connectivity index (χ3n) is 1.22. The van der Waals surface area contributed by atoms with Gasteiger partial charge in [-0.15, -0.1) is 5.16 Å². The zero-order chi connectivity index (χ0) is 5.11. The van der Waals surface area contributed by atoms with Crippen LogP contribution in [0.1, 0.15) is 19.3 Å². The Morgan fingerprint density at radius 3 is 2.86 bits per heavy atom. The highest BCUT2D eigenvalue weighted by molar-refractivity contribution is 5.56. The number of hydrogen-bond donors (Lipinski definition) is 1. The largest absolute Gasteiger partial charge is 0.411 e. The molecule has 7 heavy (non-hydrogen) atoms. The molecule has 0 atom stereocenters. The van der Waals surface area contributed by atoms with E-state index in [1.807, 2.05) is 0 Å². The first kappa shape index (κ1) is 4.62. The standard InChI is InChI=1S/C5H9NO/c7-6-4-3-5-1-2-5/h4-5,7H,1-3H2.